The molecule has 140 valence electrons. The maximum atomic E-state index is 13.7. The lowest BCUT2D eigenvalue weighted by molar-refractivity contribution is -0.121. The number of imidazole rings is 1. The van der Waals surface area contributed by atoms with Gasteiger partial charge in [0.05, 0.1) is 23.3 Å². The second-order valence-corrected chi connectivity index (χ2v) is 7.23. The molecule has 0 aliphatic carbocycles. The molecule has 1 amide bonds. The molecule has 3 aromatic rings. The Bertz CT molecular complexity index is 996. The van der Waals surface area contributed by atoms with Gasteiger partial charge in [-0.1, -0.05) is 26.0 Å². The van der Waals surface area contributed by atoms with E-state index in [1.165, 1.54) is 12.1 Å². The van der Waals surface area contributed by atoms with Crippen molar-refractivity contribution in [2.24, 2.45) is 5.92 Å². The Morgan fingerprint density at radius 3 is 2.85 bits per heavy atom. The Morgan fingerprint density at radius 1 is 1.22 bits per heavy atom. The number of carbonyl (C=O) groups excluding carboxylic acids is 1. The zero-order chi connectivity index (χ0) is 19.0. The number of anilines is 1. The highest BCUT2D eigenvalue weighted by atomic mass is 19.1. The third-order valence-electron chi connectivity index (χ3n) is 4.83. The number of ether oxygens (including phenoxy) is 1. The van der Waals surface area contributed by atoms with E-state index in [9.17, 15) is 9.18 Å². The molecule has 0 N–H and O–H groups in total. The number of aromatic nitrogens is 2. The minimum Gasteiger partial charge on any atom is -0.482 e. The van der Waals surface area contributed by atoms with Gasteiger partial charge in [0.15, 0.2) is 6.61 Å². The standard InChI is InChI=1S/C21H22FN3O2/c1-14(2)9-10-24-17-8-7-15(22)11-16(17)23-20(24)12-25-18-5-3-4-6-19(18)27-13-21(25)26/h3-8,11,14H,9-10,12-13H2,1-2H3. The predicted octanol–water partition coefficient (Wildman–Crippen LogP) is 4.15. The fourth-order valence-electron chi connectivity index (χ4n) is 3.38. The first-order chi connectivity index (χ1) is 13.0. The monoisotopic (exact) mass is 367 g/mol. The van der Waals surface area contributed by atoms with E-state index in [0.29, 0.717) is 23.7 Å². The molecule has 0 saturated carbocycles. The maximum absolute atomic E-state index is 13.7. The molecule has 4 rings (SSSR count). The highest BCUT2D eigenvalue weighted by Crippen LogP contribution is 2.33. The van der Waals surface area contributed by atoms with Crippen LogP contribution in [0.15, 0.2) is 42.5 Å². The molecule has 0 bridgehead atoms. The summed E-state index contributed by atoms with van der Waals surface area (Å²) in [5.74, 6) is 1.55. The van der Waals surface area contributed by atoms with Gasteiger partial charge in [0.25, 0.3) is 5.91 Å². The van der Waals surface area contributed by atoms with E-state index in [1.807, 2.05) is 24.3 Å². The summed E-state index contributed by atoms with van der Waals surface area (Å²) < 4.78 is 21.3. The van der Waals surface area contributed by atoms with Crippen molar-refractivity contribution in [1.82, 2.24) is 9.55 Å². The van der Waals surface area contributed by atoms with Gasteiger partial charge < -0.3 is 9.30 Å². The first kappa shape index (κ1) is 17.5. The minimum atomic E-state index is -0.310. The van der Waals surface area contributed by atoms with E-state index in [1.54, 1.807) is 11.0 Å². The number of carbonyl (C=O) groups is 1. The van der Waals surface area contributed by atoms with Gasteiger partial charge in [-0.2, -0.15) is 0 Å². The van der Waals surface area contributed by atoms with Crippen LogP contribution in [0, 0.1) is 11.7 Å². The van der Waals surface area contributed by atoms with Crippen LogP contribution >= 0.6 is 0 Å². The highest BCUT2D eigenvalue weighted by molar-refractivity contribution is 5.97. The molecule has 0 spiro atoms. The number of halogens is 1. The van der Waals surface area contributed by atoms with Crippen LogP contribution in [0.4, 0.5) is 10.1 Å². The lowest BCUT2D eigenvalue weighted by atomic mass is 10.1. The Labute approximate surface area is 157 Å². The summed E-state index contributed by atoms with van der Waals surface area (Å²) >= 11 is 0. The van der Waals surface area contributed by atoms with Crippen molar-refractivity contribution < 1.29 is 13.9 Å². The highest BCUT2D eigenvalue weighted by Gasteiger charge is 2.27. The largest absolute Gasteiger partial charge is 0.482 e. The van der Waals surface area contributed by atoms with Gasteiger partial charge >= 0.3 is 0 Å². The van der Waals surface area contributed by atoms with Crippen molar-refractivity contribution in [3.8, 4) is 5.75 Å². The number of hydrogen-bond acceptors (Lipinski definition) is 3. The van der Waals surface area contributed by atoms with E-state index < -0.39 is 0 Å². The molecule has 6 heteroatoms. The first-order valence-corrected chi connectivity index (χ1v) is 9.20. The van der Waals surface area contributed by atoms with Gasteiger partial charge in [-0.25, -0.2) is 9.37 Å². The molecule has 2 aromatic carbocycles. The predicted molar refractivity (Wildman–Crippen MR) is 102 cm³/mol. The zero-order valence-corrected chi connectivity index (χ0v) is 15.5. The number of nitrogens with zero attached hydrogens (tertiary/aromatic N) is 3. The summed E-state index contributed by atoms with van der Waals surface area (Å²) in [6.07, 6.45) is 0.976. The summed E-state index contributed by atoms with van der Waals surface area (Å²) in [5.41, 5.74) is 2.24. The smallest absolute Gasteiger partial charge is 0.265 e. The molecule has 0 saturated heterocycles. The molecule has 27 heavy (non-hydrogen) atoms. The average Bonchev–Trinajstić information content (AvgIpc) is 2.98. The van der Waals surface area contributed by atoms with Crippen molar-refractivity contribution in [3.05, 3.63) is 54.1 Å². The molecule has 5 nitrogen and oxygen atoms in total. The minimum absolute atomic E-state index is 0.0118. The van der Waals surface area contributed by atoms with Crippen LogP contribution in [0.5, 0.6) is 5.75 Å². The molecule has 0 fully saturated rings. The molecule has 0 unspecified atom stereocenters. The third-order valence-corrected chi connectivity index (χ3v) is 4.83. The van der Waals surface area contributed by atoms with Gasteiger partial charge in [-0.05, 0) is 36.6 Å². The first-order valence-electron chi connectivity index (χ1n) is 9.20. The van der Waals surface area contributed by atoms with Crippen molar-refractivity contribution in [2.75, 3.05) is 11.5 Å². The number of fused-ring (bicyclic) bond motifs is 2. The maximum Gasteiger partial charge on any atom is 0.265 e. The number of amides is 1. The molecule has 1 aliphatic rings. The third kappa shape index (κ3) is 3.39. The van der Waals surface area contributed by atoms with Crippen LogP contribution in [0.2, 0.25) is 0 Å². The summed E-state index contributed by atoms with van der Waals surface area (Å²) in [7, 11) is 0. The Hall–Kier alpha value is -2.89. The van der Waals surface area contributed by atoms with E-state index >= 15 is 0 Å². The lowest BCUT2D eigenvalue weighted by Gasteiger charge is -2.29. The quantitative estimate of drug-likeness (QED) is 0.681. The molecule has 0 atom stereocenters. The summed E-state index contributed by atoms with van der Waals surface area (Å²) in [6.45, 7) is 5.45. The van der Waals surface area contributed by atoms with E-state index in [2.05, 4.69) is 23.4 Å². The van der Waals surface area contributed by atoms with Crippen molar-refractivity contribution >= 4 is 22.6 Å². The molecule has 2 heterocycles. The summed E-state index contributed by atoms with van der Waals surface area (Å²) in [6, 6.07) is 12.1. The van der Waals surface area contributed by atoms with Gasteiger partial charge in [0.2, 0.25) is 0 Å². The van der Waals surface area contributed by atoms with Gasteiger partial charge in [0.1, 0.15) is 17.4 Å². The Kier molecular flexibility index (Phi) is 4.56. The number of para-hydroxylation sites is 2. The van der Waals surface area contributed by atoms with Crippen LogP contribution in [-0.4, -0.2) is 22.1 Å². The van der Waals surface area contributed by atoms with Crippen LogP contribution < -0.4 is 9.64 Å². The second-order valence-electron chi connectivity index (χ2n) is 7.23. The molecule has 1 aromatic heterocycles. The topological polar surface area (TPSA) is 47.4 Å². The molecule has 1 aliphatic heterocycles. The fraction of sp³-hybridized carbons (Fsp3) is 0.333. The van der Waals surface area contributed by atoms with Crippen LogP contribution in [-0.2, 0) is 17.9 Å². The Balaban J connectivity index is 1.75. The SMILES string of the molecule is CC(C)CCn1c(CN2C(=O)COc3ccccc32)nc2cc(F)ccc21. The van der Waals surface area contributed by atoms with Crippen molar-refractivity contribution in [3.63, 3.8) is 0 Å². The van der Waals surface area contributed by atoms with Gasteiger partial charge in [-0.3, -0.25) is 9.69 Å². The zero-order valence-electron chi connectivity index (χ0n) is 15.5. The number of aryl methyl sites for hydroxylation is 1. The summed E-state index contributed by atoms with van der Waals surface area (Å²) in [5, 5.41) is 0. The Morgan fingerprint density at radius 2 is 2.04 bits per heavy atom. The number of benzene rings is 2. The molecular formula is C21H22FN3O2. The average molecular weight is 367 g/mol. The number of rotatable bonds is 5. The van der Waals surface area contributed by atoms with Crippen LogP contribution in [0.3, 0.4) is 0 Å². The fourth-order valence-corrected chi connectivity index (χ4v) is 3.38. The van der Waals surface area contributed by atoms with Gasteiger partial charge in [-0.15, -0.1) is 0 Å². The number of hydrogen-bond donors (Lipinski definition) is 0. The second kappa shape index (κ2) is 7.02. The van der Waals surface area contributed by atoms with Crippen LogP contribution in [0.1, 0.15) is 26.1 Å². The normalized spacial score (nSPS) is 13.9. The summed E-state index contributed by atoms with van der Waals surface area (Å²) in [4.78, 5) is 18.8. The van der Waals surface area contributed by atoms with E-state index in [4.69, 9.17) is 4.74 Å². The molecular weight excluding hydrogens is 345 g/mol. The lowest BCUT2D eigenvalue weighted by Crippen LogP contribution is -2.39. The molecule has 0 radical (unpaired) electrons. The van der Waals surface area contributed by atoms with Crippen molar-refractivity contribution in [1.29, 1.82) is 0 Å². The van der Waals surface area contributed by atoms with E-state index in [-0.39, 0.29) is 18.3 Å². The van der Waals surface area contributed by atoms with E-state index in [0.717, 1.165) is 30.0 Å². The van der Waals surface area contributed by atoms with Gasteiger partial charge in [0, 0.05) is 12.6 Å². The van der Waals surface area contributed by atoms with Crippen LogP contribution in [0.25, 0.3) is 11.0 Å². The van der Waals surface area contributed by atoms with Crippen molar-refractivity contribution in [2.45, 2.75) is 33.4 Å².